The molecule has 0 saturated carbocycles. The Labute approximate surface area is 106 Å². The molecule has 0 radical (unpaired) electrons. The highest BCUT2D eigenvalue weighted by Crippen LogP contribution is 2.14. The van der Waals surface area contributed by atoms with Gasteiger partial charge in [-0.2, -0.15) is 0 Å². The molecule has 96 valence electrons. The van der Waals surface area contributed by atoms with Crippen LogP contribution in [0.4, 0.5) is 0 Å². The number of aromatic nitrogens is 1. The smallest absolute Gasteiger partial charge is 0.270 e. The summed E-state index contributed by atoms with van der Waals surface area (Å²) in [6, 6.07) is 5.24. The van der Waals surface area contributed by atoms with Crippen LogP contribution in [0.25, 0.3) is 0 Å². The van der Waals surface area contributed by atoms with Gasteiger partial charge in [0.2, 0.25) is 5.91 Å². The minimum atomic E-state index is -0.223. The molecular weight excluding hydrogens is 230 g/mol. The number of carbonyl (C=O) groups is 2. The summed E-state index contributed by atoms with van der Waals surface area (Å²) in [7, 11) is 0. The Balaban J connectivity index is 1.96. The average Bonchev–Trinajstić information content (AvgIpc) is 2.71. The first-order valence-electron chi connectivity index (χ1n) is 6.09. The summed E-state index contributed by atoms with van der Waals surface area (Å²) >= 11 is 0. The molecule has 1 N–H and O–H groups in total. The van der Waals surface area contributed by atoms with Crippen LogP contribution in [0.5, 0.6) is 0 Å². The van der Waals surface area contributed by atoms with Crippen molar-refractivity contribution in [3.05, 3.63) is 30.1 Å². The first kappa shape index (κ1) is 12.5. The van der Waals surface area contributed by atoms with E-state index < -0.39 is 0 Å². The molecule has 1 aliphatic rings. The summed E-state index contributed by atoms with van der Waals surface area (Å²) in [6.45, 7) is 4.52. The van der Waals surface area contributed by atoms with Gasteiger partial charge in [-0.25, -0.2) is 0 Å². The molecule has 2 amide bonds. The molecule has 5 heteroatoms. The van der Waals surface area contributed by atoms with Crippen LogP contribution in [-0.2, 0) is 4.79 Å². The van der Waals surface area contributed by atoms with Crippen molar-refractivity contribution >= 4 is 11.8 Å². The third-order valence-electron chi connectivity index (χ3n) is 3.01. The summed E-state index contributed by atoms with van der Waals surface area (Å²) < 4.78 is 0. The molecule has 1 aromatic rings. The summed E-state index contributed by atoms with van der Waals surface area (Å²) in [6.07, 6.45) is 1.95. The third-order valence-corrected chi connectivity index (χ3v) is 3.01. The van der Waals surface area contributed by atoms with Gasteiger partial charge in [0, 0.05) is 25.2 Å². The Morgan fingerprint density at radius 1 is 1.50 bits per heavy atom. The SMILES string of the molecule is CC(C)N1CC(NC(=O)c2ccccn2)CC1=O. The molecule has 1 fully saturated rings. The predicted molar refractivity (Wildman–Crippen MR) is 67.0 cm³/mol. The monoisotopic (exact) mass is 247 g/mol. The second-order valence-corrected chi connectivity index (χ2v) is 4.73. The van der Waals surface area contributed by atoms with E-state index in [1.807, 2.05) is 13.8 Å². The van der Waals surface area contributed by atoms with Crippen molar-refractivity contribution in [3.8, 4) is 0 Å². The number of pyridine rings is 1. The van der Waals surface area contributed by atoms with Crippen LogP contribution in [0.15, 0.2) is 24.4 Å². The quantitative estimate of drug-likeness (QED) is 0.860. The maximum absolute atomic E-state index is 11.9. The van der Waals surface area contributed by atoms with Gasteiger partial charge < -0.3 is 10.2 Å². The van der Waals surface area contributed by atoms with Gasteiger partial charge >= 0.3 is 0 Å². The fourth-order valence-electron chi connectivity index (χ4n) is 2.08. The zero-order valence-electron chi connectivity index (χ0n) is 10.6. The Morgan fingerprint density at radius 3 is 2.83 bits per heavy atom. The van der Waals surface area contributed by atoms with Gasteiger partial charge in [0.1, 0.15) is 5.69 Å². The first-order chi connectivity index (χ1) is 8.58. The molecule has 0 spiro atoms. The normalized spacial score (nSPS) is 19.4. The minimum Gasteiger partial charge on any atom is -0.346 e. The summed E-state index contributed by atoms with van der Waals surface area (Å²) in [5.41, 5.74) is 0.382. The van der Waals surface area contributed by atoms with Crippen molar-refractivity contribution in [2.75, 3.05) is 6.54 Å². The molecule has 1 saturated heterocycles. The molecule has 1 atom stereocenters. The van der Waals surface area contributed by atoms with E-state index in [0.717, 1.165) is 0 Å². The first-order valence-corrected chi connectivity index (χ1v) is 6.09. The van der Waals surface area contributed by atoms with E-state index >= 15 is 0 Å². The maximum Gasteiger partial charge on any atom is 0.270 e. The summed E-state index contributed by atoms with van der Waals surface area (Å²) in [5.74, 6) is -0.129. The number of carbonyl (C=O) groups excluding carboxylic acids is 2. The fourth-order valence-corrected chi connectivity index (χ4v) is 2.08. The highest BCUT2D eigenvalue weighted by Gasteiger charge is 2.32. The Morgan fingerprint density at radius 2 is 2.28 bits per heavy atom. The number of amides is 2. The van der Waals surface area contributed by atoms with Gasteiger partial charge in [-0.05, 0) is 26.0 Å². The van der Waals surface area contributed by atoms with Gasteiger partial charge in [0.25, 0.3) is 5.91 Å². The lowest BCUT2D eigenvalue weighted by Crippen LogP contribution is -2.39. The maximum atomic E-state index is 11.9. The van der Waals surface area contributed by atoms with Crippen molar-refractivity contribution < 1.29 is 9.59 Å². The van der Waals surface area contributed by atoms with E-state index in [-0.39, 0.29) is 23.9 Å². The lowest BCUT2D eigenvalue weighted by molar-refractivity contribution is -0.129. The molecular formula is C13H17N3O2. The molecule has 2 rings (SSSR count). The van der Waals surface area contributed by atoms with Crippen LogP contribution in [0.2, 0.25) is 0 Å². The second kappa shape index (κ2) is 5.16. The van der Waals surface area contributed by atoms with E-state index in [1.165, 1.54) is 0 Å². The lowest BCUT2D eigenvalue weighted by Gasteiger charge is -2.21. The van der Waals surface area contributed by atoms with Crippen LogP contribution >= 0.6 is 0 Å². The van der Waals surface area contributed by atoms with Crippen molar-refractivity contribution in [2.45, 2.75) is 32.4 Å². The van der Waals surface area contributed by atoms with Gasteiger partial charge in [-0.15, -0.1) is 0 Å². The molecule has 18 heavy (non-hydrogen) atoms. The van der Waals surface area contributed by atoms with Gasteiger partial charge in [0.15, 0.2) is 0 Å². The van der Waals surface area contributed by atoms with Gasteiger partial charge in [0.05, 0.1) is 6.04 Å². The Kier molecular flexibility index (Phi) is 3.60. The lowest BCUT2D eigenvalue weighted by atomic mass is 10.2. The number of rotatable bonds is 3. The van der Waals surface area contributed by atoms with E-state index in [4.69, 9.17) is 0 Å². The van der Waals surface area contributed by atoms with Crippen molar-refractivity contribution in [1.82, 2.24) is 15.2 Å². The highest BCUT2D eigenvalue weighted by molar-refractivity contribution is 5.93. The van der Waals surface area contributed by atoms with Crippen LogP contribution in [0.3, 0.4) is 0 Å². The molecule has 0 aromatic carbocycles. The van der Waals surface area contributed by atoms with E-state index in [2.05, 4.69) is 10.3 Å². The molecule has 2 heterocycles. The Bertz CT molecular complexity index is 445. The number of hydrogen-bond acceptors (Lipinski definition) is 3. The topological polar surface area (TPSA) is 62.3 Å². The number of nitrogens with zero attached hydrogens (tertiary/aromatic N) is 2. The molecule has 0 bridgehead atoms. The van der Waals surface area contributed by atoms with Crippen LogP contribution in [-0.4, -0.2) is 40.3 Å². The predicted octanol–water partition coefficient (Wildman–Crippen LogP) is 0.821. The van der Waals surface area contributed by atoms with Crippen molar-refractivity contribution in [3.63, 3.8) is 0 Å². The molecule has 5 nitrogen and oxygen atoms in total. The number of likely N-dealkylation sites (tertiary alicyclic amines) is 1. The van der Waals surface area contributed by atoms with Crippen LogP contribution in [0, 0.1) is 0 Å². The average molecular weight is 247 g/mol. The van der Waals surface area contributed by atoms with Gasteiger partial charge in [-0.1, -0.05) is 6.07 Å². The minimum absolute atomic E-state index is 0.0938. The van der Waals surface area contributed by atoms with Gasteiger partial charge in [-0.3, -0.25) is 14.6 Å². The molecule has 1 aromatic heterocycles. The molecule has 1 unspecified atom stereocenters. The van der Waals surface area contributed by atoms with Crippen molar-refractivity contribution in [1.29, 1.82) is 0 Å². The van der Waals surface area contributed by atoms with Crippen LogP contribution in [0.1, 0.15) is 30.8 Å². The number of hydrogen-bond donors (Lipinski definition) is 1. The largest absolute Gasteiger partial charge is 0.346 e. The second-order valence-electron chi connectivity index (χ2n) is 4.73. The summed E-state index contributed by atoms with van der Waals surface area (Å²) in [5, 5.41) is 2.85. The zero-order valence-corrected chi connectivity index (χ0v) is 10.6. The Hall–Kier alpha value is -1.91. The molecule has 1 aliphatic heterocycles. The third kappa shape index (κ3) is 2.67. The van der Waals surface area contributed by atoms with Crippen molar-refractivity contribution in [2.24, 2.45) is 0 Å². The fraction of sp³-hybridized carbons (Fsp3) is 0.462. The summed E-state index contributed by atoms with van der Waals surface area (Å²) in [4.78, 5) is 29.3. The standard InChI is InChI=1S/C13H17N3O2/c1-9(2)16-8-10(7-12(16)17)15-13(18)11-5-3-4-6-14-11/h3-6,9-10H,7-8H2,1-2H3,(H,15,18). The van der Waals surface area contributed by atoms with E-state index in [1.54, 1.807) is 29.3 Å². The van der Waals surface area contributed by atoms with Crippen LogP contribution < -0.4 is 5.32 Å². The van der Waals surface area contributed by atoms with E-state index in [9.17, 15) is 9.59 Å². The van der Waals surface area contributed by atoms with E-state index in [0.29, 0.717) is 18.7 Å². The highest BCUT2D eigenvalue weighted by atomic mass is 16.2. The zero-order chi connectivity index (χ0) is 13.1. The number of nitrogens with one attached hydrogen (secondary N) is 1. The molecule has 0 aliphatic carbocycles.